The molecule has 0 amide bonds. The van der Waals surface area contributed by atoms with Crippen molar-refractivity contribution >= 4 is 0 Å². The summed E-state index contributed by atoms with van der Waals surface area (Å²) < 4.78 is 7.53. The topological polar surface area (TPSA) is 43.2 Å². The molecule has 1 aromatic heterocycles. The molecule has 1 aliphatic rings. The predicted molar refractivity (Wildman–Crippen MR) is 56.5 cm³/mol. The van der Waals surface area contributed by atoms with Crippen molar-refractivity contribution in [3.63, 3.8) is 0 Å². The standard InChI is InChI=1S/C10H18N4O/c1-9(2)13-3-4-15-10(5-13)6-14-8-11-7-12-14/h7-10H,3-6H2,1-2H3/t10-/m1/s1. The van der Waals surface area contributed by atoms with Crippen LogP contribution in [0.25, 0.3) is 0 Å². The predicted octanol–water partition coefficient (Wildman–Crippen LogP) is 0.387. The molecular weight excluding hydrogens is 192 g/mol. The van der Waals surface area contributed by atoms with Crippen LogP contribution in [0.15, 0.2) is 12.7 Å². The molecule has 1 aliphatic heterocycles. The zero-order valence-electron chi connectivity index (χ0n) is 9.33. The average Bonchev–Trinajstić information content (AvgIpc) is 2.71. The lowest BCUT2D eigenvalue weighted by molar-refractivity contribution is -0.0470. The molecule has 84 valence electrons. The van der Waals surface area contributed by atoms with E-state index in [-0.39, 0.29) is 6.10 Å². The maximum absolute atomic E-state index is 5.70. The second-order valence-electron chi connectivity index (χ2n) is 4.20. The molecule has 0 bridgehead atoms. The van der Waals surface area contributed by atoms with E-state index in [9.17, 15) is 0 Å². The second-order valence-corrected chi connectivity index (χ2v) is 4.20. The Kier molecular flexibility index (Phi) is 3.33. The first-order valence-corrected chi connectivity index (χ1v) is 5.44. The lowest BCUT2D eigenvalue weighted by atomic mass is 10.2. The van der Waals surface area contributed by atoms with Crippen LogP contribution in [0.5, 0.6) is 0 Å². The van der Waals surface area contributed by atoms with E-state index in [0.717, 1.165) is 26.2 Å². The van der Waals surface area contributed by atoms with Gasteiger partial charge in [-0.3, -0.25) is 9.58 Å². The highest BCUT2D eigenvalue weighted by Gasteiger charge is 2.22. The van der Waals surface area contributed by atoms with Crippen molar-refractivity contribution in [2.24, 2.45) is 0 Å². The highest BCUT2D eigenvalue weighted by atomic mass is 16.5. The first-order chi connectivity index (χ1) is 7.25. The summed E-state index contributed by atoms with van der Waals surface area (Å²) in [6.45, 7) is 8.07. The summed E-state index contributed by atoms with van der Waals surface area (Å²) in [5, 5.41) is 4.09. The number of morpholine rings is 1. The third kappa shape index (κ3) is 2.76. The van der Waals surface area contributed by atoms with Crippen LogP contribution in [0, 0.1) is 0 Å². The summed E-state index contributed by atoms with van der Waals surface area (Å²) in [5.41, 5.74) is 0. The van der Waals surface area contributed by atoms with Crippen LogP contribution >= 0.6 is 0 Å². The Balaban J connectivity index is 1.88. The van der Waals surface area contributed by atoms with Gasteiger partial charge in [0.1, 0.15) is 12.7 Å². The van der Waals surface area contributed by atoms with Gasteiger partial charge in [-0.05, 0) is 13.8 Å². The summed E-state index contributed by atoms with van der Waals surface area (Å²) in [6, 6.07) is 0.590. The Hall–Kier alpha value is -0.940. The van der Waals surface area contributed by atoms with Gasteiger partial charge in [-0.15, -0.1) is 0 Å². The molecule has 0 radical (unpaired) electrons. The van der Waals surface area contributed by atoms with Crippen molar-refractivity contribution in [3.05, 3.63) is 12.7 Å². The molecule has 2 rings (SSSR count). The van der Waals surface area contributed by atoms with Gasteiger partial charge in [0.2, 0.25) is 0 Å². The maximum atomic E-state index is 5.70. The molecule has 0 aromatic carbocycles. The highest BCUT2D eigenvalue weighted by molar-refractivity contribution is 4.74. The van der Waals surface area contributed by atoms with Gasteiger partial charge in [0.05, 0.1) is 19.3 Å². The molecule has 2 heterocycles. The monoisotopic (exact) mass is 210 g/mol. The molecule has 0 N–H and O–H groups in total. The summed E-state index contributed by atoms with van der Waals surface area (Å²) in [4.78, 5) is 6.36. The van der Waals surface area contributed by atoms with Gasteiger partial charge in [0.15, 0.2) is 0 Å². The molecule has 15 heavy (non-hydrogen) atoms. The van der Waals surface area contributed by atoms with Crippen molar-refractivity contribution in [1.82, 2.24) is 19.7 Å². The molecule has 5 nitrogen and oxygen atoms in total. The number of ether oxygens (including phenoxy) is 1. The highest BCUT2D eigenvalue weighted by Crippen LogP contribution is 2.09. The Labute approximate surface area is 90.0 Å². The quantitative estimate of drug-likeness (QED) is 0.723. The number of nitrogens with zero attached hydrogens (tertiary/aromatic N) is 4. The summed E-state index contributed by atoms with van der Waals surface area (Å²) in [6.07, 6.45) is 3.53. The van der Waals surface area contributed by atoms with Gasteiger partial charge in [-0.2, -0.15) is 5.10 Å². The van der Waals surface area contributed by atoms with Crippen molar-refractivity contribution in [2.45, 2.75) is 32.5 Å². The summed E-state index contributed by atoms with van der Waals surface area (Å²) in [7, 11) is 0. The van der Waals surface area contributed by atoms with E-state index in [1.165, 1.54) is 0 Å². The minimum absolute atomic E-state index is 0.239. The smallest absolute Gasteiger partial charge is 0.137 e. The minimum atomic E-state index is 0.239. The molecule has 1 fully saturated rings. The normalized spacial score (nSPS) is 23.5. The molecule has 0 aliphatic carbocycles. The Morgan fingerprint density at radius 1 is 1.53 bits per heavy atom. The van der Waals surface area contributed by atoms with Crippen LogP contribution in [0.1, 0.15) is 13.8 Å². The fraction of sp³-hybridized carbons (Fsp3) is 0.800. The van der Waals surface area contributed by atoms with Gasteiger partial charge >= 0.3 is 0 Å². The van der Waals surface area contributed by atoms with Gasteiger partial charge in [0, 0.05) is 19.1 Å². The van der Waals surface area contributed by atoms with E-state index < -0.39 is 0 Å². The fourth-order valence-electron chi connectivity index (χ4n) is 1.86. The van der Waals surface area contributed by atoms with Gasteiger partial charge in [0.25, 0.3) is 0 Å². The van der Waals surface area contributed by atoms with Crippen LogP contribution in [-0.4, -0.2) is 51.5 Å². The molecule has 1 saturated heterocycles. The van der Waals surface area contributed by atoms with Crippen LogP contribution in [0.4, 0.5) is 0 Å². The fourth-order valence-corrected chi connectivity index (χ4v) is 1.86. The first kappa shape index (κ1) is 10.6. The van der Waals surface area contributed by atoms with E-state index >= 15 is 0 Å². The molecule has 0 spiro atoms. The molecular formula is C10H18N4O. The van der Waals surface area contributed by atoms with Gasteiger partial charge in [-0.1, -0.05) is 0 Å². The average molecular weight is 210 g/mol. The third-order valence-corrected chi connectivity index (χ3v) is 2.76. The van der Waals surface area contributed by atoms with Crippen LogP contribution in [-0.2, 0) is 11.3 Å². The van der Waals surface area contributed by atoms with E-state index in [2.05, 4.69) is 28.8 Å². The largest absolute Gasteiger partial charge is 0.374 e. The van der Waals surface area contributed by atoms with E-state index in [4.69, 9.17) is 4.74 Å². The van der Waals surface area contributed by atoms with E-state index in [1.54, 1.807) is 12.7 Å². The summed E-state index contributed by atoms with van der Waals surface area (Å²) in [5.74, 6) is 0. The first-order valence-electron chi connectivity index (χ1n) is 5.44. The van der Waals surface area contributed by atoms with E-state index in [1.807, 2.05) is 4.68 Å². The maximum Gasteiger partial charge on any atom is 0.137 e. The van der Waals surface area contributed by atoms with E-state index in [0.29, 0.717) is 6.04 Å². The minimum Gasteiger partial charge on any atom is -0.374 e. The zero-order valence-corrected chi connectivity index (χ0v) is 9.33. The zero-order chi connectivity index (χ0) is 10.7. The molecule has 0 unspecified atom stereocenters. The molecule has 0 saturated carbocycles. The van der Waals surface area contributed by atoms with Crippen molar-refractivity contribution < 1.29 is 4.74 Å². The number of rotatable bonds is 3. The lowest BCUT2D eigenvalue weighted by Gasteiger charge is -2.35. The number of aromatic nitrogens is 3. The summed E-state index contributed by atoms with van der Waals surface area (Å²) >= 11 is 0. The second kappa shape index (κ2) is 4.72. The number of hydrogen-bond acceptors (Lipinski definition) is 4. The van der Waals surface area contributed by atoms with Crippen molar-refractivity contribution in [3.8, 4) is 0 Å². The lowest BCUT2D eigenvalue weighted by Crippen LogP contribution is -2.47. The van der Waals surface area contributed by atoms with Gasteiger partial charge < -0.3 is 4.74 Å². The molecule has 1 atom stereocenters. The Bertz CT molecular complexity index is 286. The van der Waals surface area contributed by atoms with Crippen LogP contribution in [0.3, 0.4) is 0 Å². The molecule has 1 aromatic rings. The Morgan fingerprint density at radius 3 is 3.07 bits per heavy atom. The van der Waals surface area contributed by atoms with Crippen molar-refractivity contribution in [2.75, 3.05) is 19.7 Å². The molecule has 5 heteroatoms. The Morgan fingerprint density at radius 2 is 2.40 bits per heavy atom. The number of hydrogen-bond donors (Lipinski definition) is 0. The third-order valence-electron chi connectivity index (χ3n) is 2.76. The van der Waals surface area contributed by atoms with Crippen molar-refractivity contribution in [1.29, 1.82) is 0 Å². The SMILES string of the molecule is CC(C)N1CCO[C@@H](Cn2cncn2)C1. The van der Waals surface area contributed by atoms with Crippen LogP contribution in [0.2, 0.25) is 0 Å². The van der Waals surface area contributed by atoms with Crippen LogP contribution < -0.4 is 0 Å². The van der Waals surface area contributed by atoms with Gasteiger partial charge in [-0.25, -0.2) is 4.98 Å².